The summed E-state index contributed by atoms with van der Waals surface area (Å²) in [6, 6.07) is 12.4. The van der Waals surface area contributed by atoms with E-state index in [1.54, 1.807) is 24.3 Å². The van der Waals surface area contributed by atoms with E-state index in [1.165, 1.54) is 26.0 Å². The van der Waals surface area contributed by atoms with Crippen LogP contribution in [0.3, 0.4) is 0 Å². The van der Waals surface area contributed by atoms with Crippen molar-refractivity contribution in [2.24, 2.45) is 0 Å². The predicted octanol–water partition coefficient (Wildman–Crippen LogP) is 3.86. The van der Waals surface area contributed by atoms with Crippen molar-refractivity contribution in [2.45, 2.75) is 17.7 Å². The Kier molecular flexibility index (Phi) is 5.01. The quantitative estimate of drug-likeness (QED) is 0.812. The molecule has 7 heteroatoms. The van der Waals surface area contributed by atoms with Gasteiger partial charge in [0, 0.05) is 28.9 Å². The fourth-order valence-corrected chi connectivity index (χ4v) is 4.55. The standard InChI is InChI=1S/C17H19BrN2O3S/c1-23-16-9-4-13(18)12-17(16)24(21,22)19-14-5-7-15(8-6-14)20-10-2-3-11-20/h4-9,12,19H,2-3,10-11H2,1H3. The lowest BCUT2D eigenvalue weighted by molar-refractivity contribution is 0.403. The molecule has 2 aromatic rings. The number of methoxy groups -OCH3 is 1. The van der Waals surface area contributed by atoms with E-state index in [0.29, 0.717) is 15.9 Å². The van der Waals surface area contributed by atoms with Crippen molar-refractivity contribution in [3.05, 3.63) is 46.9 Å². The van der Waals surface area contributed by atoms with Gasteiger partial charge >= 0.3 is 0 Å². The van der Waals surface area contributed by atoms with Gasteiger partial charge in [-0.2, -0.15) is 0 Å². The van der Waals surface area contributed by atoms with Gasteiger partial charge in [0.25, 0.3) is 10.0 Å². The molecule has 0 amide bonds. The van der Waals surface area contributed by atoms with Gasteiger partial charge in [0.05, 0.1) is 7.11 Å². The van der Waals surface area contributed by atoms with Gasteiger partial charge < -0.3 is 9.64 Å². The summed E-state index contributed by atoms with van der Waals surface area (Å²) >= 11 is 3.30. The topological polar surface area (TPSA) is 58.6 Å². The van der Waals surface area contributed by atoms with Crippen molar-refractivity contribution < 1.29 is 13.2 Å². The molecule has 0 spiro atoms. The van der Waals surface area contributed by atoms with Crippen LogP contribution in [0.25, 0.3) is 0 Å². The molecule has 1 heterocycles. The van der Waals surface area contributed by atoms with Crippen molar-refractivity contribution >= 4 is 37.3 Å². The lowest BCUT2D eigenvalue weighted by Crippen LogP contribution is -2.17. The minimum absolute atomic E-state index is 0.1000. The number of nitrogens with zero attached hydrogens (tertiary/aromatic N) is 1. The molecule has 5 nitrogen and oxygen atoms in total. The van der Waals surface area contributed by atoms with E-state index < -0.39 is 10.0 Å². The second kappa shape index (κ2) is 7.03. The molecule has 0 aromatic heterocycles. The number of benzene rings is 2. The third kappa shape index (κ3) is 3.67. The van der Waals surface area contributed by atoms with E-state index in [0.717, 1.165) is 18.8 Å². The third-order valence-corrected chi connectivity index (χ3v) is 5.90. The molecule has 1 aliphatic heterocycles. The molecule has 2 aromatic carbocycles. The molecule has 1 N–H and O–H groups in total. The van der Waals surface area contributed by atoms with E-state index in [4.69, 9.17) is 4.74 Å². The van der Waals surface area contributed by atoms with E-state index in [2.05, 4.69) is 25.6 Å². The number of nitrogens with one attached hydrogen (secondary N) is 1. The summed E-state index contributed by atoms with van der Waals surface area (Å²) in [6.45, 7) is 2.11. The fraction of sp³-hybridized carbons (Fsp3) is 0.294. The number of rotatable bonds is 5. The summed E-state index contributed by atoms with van der Waals surface area (Å²) in [5.74, 6) is 0.305. The maximum absolute atomic E-state index is 12.7. The first-order valence-electron chi connectivity index (χ1n) is 7.71. The number of sulfonamides is 1. The summed E-state index contributed by atoms with van der Waals surface area (Å²) < 4.78 is 33.8. The molecule has 1 aliphatic rings. The smallest absolute Gasteiger partial charge is 0.265 e. The SMILES string of the molecule is COc1ccc(Br)cc1S(=O)(=O)Nc1ccc(N2CCCC2)cc1. The number of anilines is 2. The van der Waals surface area contributed by atoms with Crippen LogP contribution in [0.2, 0.25) is 0 Å². The van der Waals surface area contributed by atoms with Crippen LogP contribution in [0.4, 0.5) is 11.4 Å². The summed E-state index contributed by atoms with van der Waals surface area (Å²) in [7, 11) is -2.28. The van der Waals surface area contributed by atoms with Crippen molar-refractivity contribution in [1.29, 1.82) is 0 Å². The molecule has 24 heavy (non-hydrogen) atoms. The lowest BCUT2D eigenvalue weighted by Gasteiger charge is -2.18. The van der Waals surface area contributed by atoms with Crippen molar-refractivity contribution in [2.75, 3.05) is 29.8 Å². The summed E-state index contributed by atoms with van der Waals surface area (Å²) in [6.07, 6.45) is 2.41. The second-order valence-electron chi connectivity index (χ2n) is 5.64. The Labute approximate surface area is 150 Å². The van der Waals surface area contributed by atoms with Crippen molar-refractivity contribution in [3.63, 3.8) is 0 Å². The molecule has 0 saturated carbocycles. The van der Waals surface area contributed by atoms with Gasteiger partial charge in [-0.05, 0) is 55.3 Å². The van der Waals surface area contributed by atoms with Crippen LogP contribution >= 0.6 is 15.9 Å². The Morgan fingerprint density at radius 2 is 1.75 bits per heavy atom. The second-order valence-corrected chi connectivity index (χ2v) is 8.21. The van der Waals surface area contributed by atoms with E-state index in [-0.39, 0.29) is 4.90 Å². The molecule has 1 saturated heterocycles. The normalized spacial score (nSPS) is 14.7. The van der Waals surface area contributed by atoms with Crippen LogP contribution in [-0.4, -0.2) is 28.6 Å². The minimum Gasteiger partial charge on any atom is -0.495 e. The number of hydrogen-bond donors (Lipinski definition) is 1. The minimum atomic E-state index is -3.73. The Morgan fingerprint density at radius 3 is 2.38 bits per heavy atom. The van der Waals surface area contributed by atoms with E-state index in [1.807, 2.05) is 12.1 Å². The summed E-state index contributed by atoms with van der Waals surface area (Å²) in [5.41, 5.74) is 1.65. The predicted molar refractivity (Wildman–Crippen MR) is 99.4 cm³/mol. The van der Waals surface area contributed by atoms with Crippen LogP contribution in [0.15, 0.2) is 51.8 Å². The van der Waals surface area contributed by atoms with Crippen LogP contribution in [0.1, 0.15) is 12.8 Å². The zero-order valence-corrected chi connectivity index (χ0v) is 15.7. The highest BCUT2D eigenvalue weighted by molar-refractivity contribution is 9.10. The van der Waals surface area contributed by atoms with Gasteiger partial charge in [-0.25, -0.2) is 8.42 Å². The monoisotopic (exact) mass is 410 g/mol. The zero-order chi connectivity index (χ0) is 17.2. The van der Waals surface area contributed by atoms with E-state index in [9.17, 15) is 8.42 Å². The summed E-state index contributed by atoms with van der Waals surface area (Å²) in [4.78, 5) is 2.40. The highest BCUT2D eigenvalue weighted by atomic mass is 79.9. The molecule has 0 unspecified atom stereocenters. The van der Waals surface area contributed by atoms with Gasteiger partial charge in [0.1, 0.15) is 10.6 Å². The van der Waals surface area contributed by atoms with E-state index >= 15 is 0 Å². The van der Waals surface area contributed by atoms with Crippen LogP contribution < -0.4 is 14.4 Å². The maximum Gasteiger partial charge on any atom is 0.265 e. The molecule has 128 valence electrons. The van der Waals surface area contributed by atoms with Gasteiger partial charge in [0.2, 0.25) is 0 Å². The molecule has 0 bridgehead atoms. The first kappa shape index (κ1) is 17.1. The van der Waals surface area contributed by atoms with Gasteiger partial charge in [-0.3, -0.25) is 4.72 Å². The molecule has 0 atom stereocenters. The average Bonchev–Trinajstić information content (AvgIpc) is 3.10. The number of halogens is 1. The highest BCUT2D eigenvalue weighted by Gasteiger charge is 2.20. The zero-order valence-electron chi connectivity index (χ0n) is 13.3. The Bertz CT molecular complexity index is 816. The van der Waals surface area contributed by atoms with Crippen molar-refractivity contribution in [3.8, 4) is 5.75 Å². The molecular weight excluding hydrogens is 392 g/mol. The maximum atomic E-state index is 12.7. The molecular formula is C17H19BrN2O3S. The largest absolute Gasteiger partial charge is 0.495 e. The van der Waals surface area contributed by atoms with Crippen LogP contribution in [0, 0.1) is 0 Å². The number of ether oxygens (including phenoxy) is 1. The first-order chi connectivity index (χ1) is 11.5. The van der Waals surface area contributed by atoms with Gasteiger partial charge in [0.15, 0.2) is 0 Å². The molecule has 3 rings (SSSR count). The third-order valence-electron chi connectivity index (χ3n) is 4.01. The fourth-order valence-electron chi connectivity index (χ4n) is 2.79. The molecule has 0 radical (unpaired) electrons. The molecule has 0 aliphatic carbocycles. The lowest BCUT2D eigenvalue weighted by atomic mass is 10.2. The summed E-state index contributed by atoms with van der Waals surface area (Å²) in [5, 5.41) is 0. The Morgan fingerprint density at radius 1 is 1.08 bits per heavy atom. The van der Waals surface area contributed by atoms with Crippen LogP contribution in [0.5, 0.6) is 5.75 Å². The van der Waals surface area contributed by atoms with Gasteiger partial charge in [-0.15, -0.1) is 0 Å². The Hall–Kier alpha value is -1.73. The van der Waals surface area contributed by atoms with Crippen LogP contribution in [-0.2, 0) is 10.0 Å². The van der Waals surface area contributed by atoms with Gasteiger partial charge in [-0.1, -0.05) is 15.9 Å². The molecule has 1 fully saturated rings. The number of hydrogen-bond acceptors (Lipinski definition) is 4. The van der Waals surface area contributed by atoms with Crippen molar-refractivity contribution in [1.82, 2.24) is 0 Å². The first-order valence-corrected chi connectivity index (χ1v) is 9.98. The average molecular weight is 411 g/mol. The highest BCUT2D eigenvalue weighted by Crippen LogP contribution is 2.29. The Balaban J connectivity index is 1.83.